The number of benzene rings is 1. The molecule has 1 atom stereocenters. The van der Waals surface area contributed by atoms with Crippen molar-refractivity contribution in [2.45, 2.75) is 39.2 Å². The van der Waals surface area contributed by atoms with Gasteiger partial charge in [-0.25, -0.2) is 0 Å². The lowest BCUT2D eigenvalue weighted by Gasteiger charge is -2.32. The SMILES string of the molecule is CC(C)Cc1ccc(C(NC(=O)C2CCN(C(=O)c3ccncc3)CC2)c2cccs2)cc1. The first-order chi connectivity index (χ1) is 16.0. The van der Waals surface area contributed by atoms with Gasteiger partial charge in [-0.15, -0.1) is 11.3 Å². The predicted molar refractivity (Wildman–Crippen MR) is 132 cm³/mol. The van der Waals surface area contributed by atoms with E-state index in [9.17, 15) is 9.59 Å². The number of carbonyl (C=O) groups excluding carboxylic acids is 2. The van der Waals surface area contributed by atoms with E-state index in [-0.39, 0.29) is 23.8 Å². The molecule has 172 valence electrons. The summed E-state index contributed by atoms with van der Waals surface area (Å²) in [6, 6.07) is 16.0. The first kappa shape index (κ1) is 23.2. The molecule has 1 unspecified atom stereocenters. The molecular formula is C27H31N3O2S. The van der Waals surface area contributed by atoms with Crippen LogP contribution >= 0.6 is 11.3 Å². The molecule has 1 aromatic carbocycles. The second kappa shape index (κ2) is 10.8. The highest BCUT2D eigenvalue weighted by Crippen LogP contribution is 2.28. The molecule has 0 bridgehead atoms. The number of pyridine rings is 1. The van der Waals surface area contributed by atoms with E-state index in [4.69, 9.17) is 0 Å². The Morgan fingerprint density at radius 2 is 1.76 bits per heavy atom. The maximum atomic E-state index is 13.2. The van der Waals surface area contributed by atoms with Gasteiger partial charge in [0.2, 0.25) is 5.91 Å². The van der Waals surface area contributed by atoms with Crippen LogP contribution in [0.3, 0.4) is 0 Å². The van der Waals surface area contributed by atoms with E-state index in [2.05, 4.69) is 54.5 Å². The van der Waals surface area contributed by atoms with Crippen LogP contribution in [0.15, 0.2) is 66.3 Å². The fourth-order valence-electron chi connectivity index (χ4n) is 4.37. The van der Waals surface area contributed by atoms with Crippen molar-refractivity contribution >= 4 is 23.2 Å². The first-order valence-electron chi connectivity index (χ1n) is 11.6. The Hall–Kier alpha value is -2.99. The molecule has 0 spiro atoms. The Bertz CT molecular complexity index is 1040. The molecule has 6 heteroatoms. The largest absolute Gasteiger partial charge is 0.344 e. The van der Waals surface area contributed by atoms with Crippen molar-refractivity contribution < 1.29 is 9.59 Å². The van der Waals surface area contributed by atoms with Gasteiger partial charge in [0.1, 0.15) is 0 Å². The number of nitrogens with one attached hydrogen (secondary N) is 1. The van der Waals surface area contributed by atoms with Gasteiger partial charge in [-0.2, -0.15) is 0 Å². The number of likely N-dealkylation sites (tertiary alicyclic amines) is 1. The Kier molecular flexibility index (Phi) is 7.55. The maximum absolute atomic E-state index is 13.2. The summed E-state index contributed by atoms with van der Waals surface area (Å²) in [5.74, 6) is 0.596. The van der Waals surface area contributed by atoms with E-state index in [1.54, 1.807) is 35.9 Å². The number of piperidine rings is 1. The zero-order valence-corrected chi connectivity index (χ0v) is 20.1. The molecule has 2 amide bonds. The molecule has 0 saturated carbocycles. The summed E-state index contributed by atoms with van der Waals surface area (Å²) < 4.78 is 0. The third-order valence-electron chi connectivity index (χ3n) is 6.15. The molecule has 0 radical (unpaired) electrons. The first-order valence-corrected chi connectivity index (χ1v) is 12.5. The van der Waals surface area contributed by atoms with E-state index in [1.807, 2.05) is 16.3 Å². The summed E-state index contributed by atoms with van der Waals surface area (Å²) >= 11 is 1.66. The minimum atomic E-state index is -0.151. The van der Waals surface area contributed by atoms with Crippen molar-refractivity contribution in [2.24, 2.45) is 11.8 Å². The summed E-state index contributed by atoms with van der Waals surface area (Å²) in [5.41, 5.74) is 3.06. The molecule has 3 heterocycles. The highest BCUT2D eigenvalue weighted by molar-refractivity contribution is 7.10. The monoisotopic (exact) mass is 461 g/mol. The standard InChI is InChI=1S/C27H31N3O2S/c1-19(2)18-20-5-7-21(8-6-20)25(24-4-3-17-33-24)29-26(31)22-11-15-30(16-12-22)27(32)23-9-13-28-14-10-23/h3-10,13-14,17,19,22,25H,11-12,15-16,18H2,1-2H3,(H,29,31). The maximum Gasteiger partial charge on any atom is 0.253 e. The summed E-state index contributed by atoms with van der Waals surface area (Å²) in [6.07, 6.45) is 5.66. The number of amides is 2. The molecule has 1 aliphatic heterocycles. The lowest BCUT2D eigenvalue weighted by atomic mass is 9.94. The van der Waals surface area contributed by atoms with Gasteiger partial charge >= 0.3 is 0 Å². The molecule has 5 nitrogen and oxygen atoms in total. The van der Waals surface area contributed by atoms with Gasteiger partial charge in [-0.05, 0) is 59.9 Å². The van der Waals surface area contributed by atoms with Gasteiger partial charge in [0.15, 0.2) is 0 Å². The average Bonchev–Trinajstić information content (AvgIpc) is 3.37. The molecule has 3 aromatic rings. The van der Waals surface area contributed by atoms with Crippen LogP contribution in [0, 0.1) is 11.8 Å². The fraction of sp³-hybridized carbons (Fsp3) is 0.370. The van der Waals surface area contributed by atoms with Crippen molar-refractivity contribution in [3.05, 3.63) is 87.9 Å². The Labute approximate surface area is 199 Å². The number of carbonyl (C=O) groups is 2. The van der Waals surface area contributed by atoms with Gasteiger partial charge in [0.25, 0.3) is 5.91 Å². The van der Waals surface area contributed by atoms with E-state index in [0.29, 0.717) is 37.4 Å². The number of hydrogen-bond acceptors (Lipinski definition) is 4. The second-order valence-electron chi connectivity index (χ2n) is 9.10. The number of thiophene rings is 1. The molecule has 1 N–H and O–H groups in total. The minimum Gasteiger partial charge on any atom is -0.344 e. The summed E-state index contributed by atoms with van der Waals surface area (Å²) in [7, 11) is 0. The average molecular weight is 462 g/mol. The predicted octanol–water partition coefficient (Wildman–Crippen LogP) is 5.10. The molecule has 0 aliphatic carbocycles. The van der Waals surface area contributed by atoms with E-state index < -0.39 is 0 Å². The summed E-state index contributed by atoms with van der Waals surface area (Å²) in [4.78, 5) is 32.8. The van der Waals surface area contributed by atoms with Crippen LogP contribution < -0.4 is 5.32 Å². The van der Waals surface area contributed by atoms with Crippen LogP contribution in [0.25, 0.3) is 0 Å². The molecule has 4 rings (SSSR count). The fourth-order valence-corrected chi connectivity index (χ4v) is 5.18. The number of rotatable bonds is 7. The molecular weight excluding hydrogens is 430 g/mol. The van der Waals surface area contributed by atoms with Gasteiger partial charge in [0, 0.05) is 41.8 Å². The smallest absolute Gasteiger partial charge is 0.253 e. The number of nitrogens with zero attached hydrogens (tertiary/aromatic N) is 2. The zero-order chi connectivity index (χ0) is 23.2. The third-order valence-corrected chi connectivity index (χ3v) is 7.09. The van der Waals surface area contributed by atoms with Crippen LogP contribution in [0.2, 0.25) is 0 Å². The topological polar surface area (TPSA) is 62.3 Å². The van der Waals surface area contributed by atoms with Crippen LogP contribution in [-0.4, -0.2) is 34.8 Å². The highest BCUT2D eigenvalue weighted by Gasteiger charge is 2.29. The van der Waals surface area contributed by atoms with Gasteiger partial charge in [0.05, 0.1) is 6.04 Å². The zero-order valence-electron chi connectivity index (χ0n) is 19.2. The number of aromatic nitrogens is 1. The van der Waals surface area contributed by atoms with Crippen molar-refractivity contribution in [1.29, 1.82) is 0 Å². The van der Waals surface area contributed by atoms with Crippen molar-refractivity contribution in [2.75, 3.05) is 13.1 Å². The second-order valence-corrected chi connectivity index (χ2v) is 10.1. The molecule has 33 heavy (non-hydrogen) atoms. The van der Waals surface area contributed by atoms with Crippen molar-refractivity contribution in [3.63, 3.8) is 0 Å². The van der Waals surface area contributed by atoms with Gasteiger partial charge in [-0.3, -0.25) is 14.6 Å². The summed E-state index contributed by atoms with van der Waals surface area (Å²) in [5, 5.41) is 5.35. The highest BCUT2D eigenvalue weighted by atomic mass is 32.1. The molecule has 1 aliphatic rings. The normalized spacial score (nSPS) is 15.4. The third kappa shape index (κ3) is 5.88. The Morgan fingerprint density at radius 1 is 1.06 bits per heavy atom. The number of hydrogen-bond donors (Lipinski definition) is 1. The molecule has 2 aromatic heterocycles. The molecule has 1 saturated heterocycles. The van der Waals surface area contributed by atoms with Gasteiger partial charge < -0.3 is 10.2 Å². The van der Waals surface area contributed by atoms with Crippen LogP contribution in [0.5, 0.6) is 0 Å². The Balaban J connectivity index is 1.40. The molecule has 1 fully saturated rings. The van der Waals surface area contributed by atoms with Crippen LogP contribution in [0.1, 0.15) is 59.1 Å². The van der Waals surface area contributed by atoms with Crippen molar-refractivity contribution in [3.8, 4) is 0 Å². The Morgan fingerprint density at radius 3 is 2.36 bits per heavy atom. The minimum absolute atomic E-state index is 0.00853. The van der Waals surface area contributed by atoms with Crippen LogP contribution in [0.4, 0.5) is 0 Å². The van der Waals surface area contributed by atoms with Crippen molar-refractivity contribution in [1.82, 2.24) is 15.2 Å². The van der Waals surface area contributed by atoms with E-state index in [1.165, 1.54) is 5.56 Å². The van der Waals surface area contributed by atoms with E-state index in [0.717, 1.165) is 16.9 Å². The lowest BCUT2D eigenvalue weighted by Crippen LogP contribution is -2.43. The lowest BCUT2D eigenvalue weighted by molar-refractivity contribution is -0.126. The van der Waals surface area contributed by atoms with Crippen LogP contribution in [-0.2, 0) is 11.2 Å². The van der Waals surface area contributed by atoms with E-state index >= 15 is 0 Å². The summed E-state index contributed by atoms with van der Waals surface area (Å²) in [6.45, 7) is 5.62. The quantitative estimate of drug-likeness (QED) is 0.532. The van der Waals surface area contributed by atoms with Gasteiger partial charge in [-0.1, -0.05) is 44.2 Å².